The van der Waals surface area contributed by atoms with E-state index in [9.17, 15) is 9.18 Å². The number of anilines is 1. The van der Waals surface area contributed by atoms with E-state index in [2.05, 4.69) is 10.3 Å². The first-order valence-electron chi connectivity index (χ1n) is 4.25. The van der Waals surface area contributed by atoms with Gasteiger partial charge in [0.2, 0.25) is 0 Å². The van der Waals surface area contributed by atoms with Gasteiger partial charge in [-0.05, 0) is 25.0 Å². The predicted molar refractivity (Wildman–Crippen MR) is 47.9 cm³/mol. The third kappa shape index (κ3) is 1.66. The van der Waals surface area contributed by atoms with E-state index in [1.165, 1.54) is 18.3 Å². The molecule has 1 amide bonds. The van der Waals surface area contributed by atoms with Crippen molar-refractivity contribution in [2.75, 3.05) is 5.32 Å². The average Bonchev–Trinajstić information content (AvgIpc) is 2.85. The van der Waals surface area contributed by atoms with E-state index in [1.807, 2.05) is 0 Å². The maximum Gasteiger partial charge on any atom is 0.409 e. The van der Waals surface area contributed by atoms with E-state index in [0.29, 0.717) is 24.2 Å². The number of nitrogens with one attached hydrogen (secondary N) is 1. The second-order valence-electron chi connectivity index (χ2n) is 3.33. The lowest BCUT2D eigenvalue weighted by Gasteiger charge is -2.05. The number of pyridine rings is 1. The van der Waals surface area contributed by atoms with Crippen molar-refractivity contribution in [1.82, 2.24) is 4.98 Å². The number of hydrogen-bond acceptors (Lipinski definition) is 2. The second-order valence-corrected chi connectivity index (χ2v) is 3.33. The van der Waals surface area contributed by atoms with Crippen molar-refractivity contribution in [2.24, 2.45) is 0 Å². The first kappa shape index (κ1) is 8.93. The van der Waals surface area contributed by atoms with Gasteiger partial charge in [0.05, 0.1) is 17.6 Å². The van der Waals surface area contributed by atoms with Crippen LogP contribution in [0.3, 0.4) is 0 Å². The Hall–Kier alpha value is -1.65. The molecule has 0 aliphatic heterocycles. The Labute approximate surface area is 79.8 Å². The Bertz CT molecular complexity index is 360. The molecule has 0 aromatic carbocycles. The molecule has 1 saturated carbocycles. The van der Waals surface area contributed by atoms with Gasteiger partial charge in [-0.2, -0.15) is 0 Å². The second kappa shape index (κ2) is 2.94. The molecule has 4 nitrogen and oxygen atoms in total. The van der Waals surface area contributed by atoms with E-state index in [-0.39, 0.29) is 0 Å². The monoisotopic (exact) mass is 196 g/mol. The quantitative estimate of drug-likeness (QED) is 0.761. The van der Waals surface area contributed by atoms with Crippen molar-refractivity contribution < 1.29 is 14.3 Å². The van der Waals surface area contributed by atoms with E-state index < -0.39 is 11.8 Å². The molecular weight excluding hydrogens is 187 g/mol. The molecule has 0 spiro atoms. The van der Waals surface area contributed by atoms with Crippen LogP contribution in [-0.2, 0) is 5.67 Å². The number of nitrogens with zero attached hydrogens (tertiary/aromatic N) is 1. The minimum atomic E-state index is -1.26. The molecule has 14 heavy (non-hydrogen) atoms. The van der Waals surface area contributed by atoms with Crippen LogP contribution in [-0.4, -0.2) is 16.2 Å². The Morgan fingerprint density at radius 2 is 2.29 bits per heavy atom. The van der Waals surface area contributed by atoms with Crippen LogP contribution in [0.5, 0.6) is 0 Å². The van der Waals surface area contributed by atoms with Gasteiger partial charge in [0.25, 0.3) is 0 Å². The highest BCUT2D eigenvalue weighted by Crippen LogP contribution is 2.48. The van der Waals surface area contributed by atoms with Gasteiger partial charge in [0.15, 0.2) is 5.67 Å². The van der Waals surface area contributed by atoms with Crippen LogP contribution >= 0.6 is 0 Å². The maximum atomic E-state index is 13.4. The van der Waals surface area contributed by atoms with Crippen molar-refractivity contribution in [3.05, 3.63) is 24.0 Å². The summed E-state index contributed by atoms with van der Waals surface area (Å²) in [6, 6.07) is 3.02. The number of amides is 1. The largest absolute Gasteiger partial charge is 0.465 e. The summed E-state index contributed by atoms with van der Waals surface area (Å²) < 4.78 is 13.4. The summed E-state index contributed by atoms with van der Waals surface area (Å²) in [5, 5.41) is 10.5. The normalized spacial score (nSPS) is 17.5. The Morgan fingerprint density at radius 1 is 1.57 bits per heavy atom. The van der Waals surface area contributed by atoms with Crippen LogP contribution < -0.4 is 5.32 Å². The van der Waals surface area contributed by atoms with Gasteiger partial charge in [0.1, 0.15) is 0 Å². The highest BCUT2D eigenvalue weighted by Gasteiger charge is 2.46. The van der Waals surface area contributed by atoms with Crippen molar-refractivity contribution in [3.63, 3.8) is 0 Å². The zero-order valence-corrected chi connectivity index (χ0v) is 7.33. The fourth-order valence-electron chi connectivity index (χ4n) is 1.22. The number of aromatic nitrogens is 1. The van der Waals surface area contributed by atoms with Crippen LogP contribution in [0.15, 0.2) is 18.3 Å². The maximum absolute atomic E-state index is 13.4. The van der Waals surface area contributed by atoms with Crippen LogP contribution in [0.25, 0.3) is 0 Å². The zero-order chi connectivity index (χ0) is 10.2. The first-order valence-corrected chi connectivity index (χ1v) is 4.25. The summed E-state index contributed by atoms with van der Waals surface area (Å²) in [4.78, 5) is 14.1. The lowest BCUT2D eigenvalue weighted by Crippen LogP contribution is -2.08. The number of halogens is 1. The zero-order valence-electron chi connectivity index (χ0n) is 7.33. The smallest absolute Gasteiger partial charge is 0.409 e. The summed E-state index contributed by atoms with van der Waals surface area (Å²) in [7, 11) is 0. The molecule has 2 N–H and O–H groups in total. The fraction of sp³-hybridized carbons (Fsp3) is 0.333. The number of carbonyl (C=O) groups is 1. The molecule has 1 aliphatic carbocycles. The van der Waals surface area contributed by atoms with Gasteiger partial charge in [-0.15, -0.1) is 0 Å². The van der Waals surface area contributed by atoms with Crippen LogP contribution in [0.4, 0.5) is 14.9 Å². The van der Waals surface area contributed by atoms with Crippen molar-refractivity contribution >= 4 is 11.8 Å². The van der Waals surface area contributed by atoms with Crippen molar-refractivity contribution in [1.29, 1.82) is 0 Å². The van der Waals surface area contributed by atoms with E-state index in [0.717, 1.165) is 0 Å². The number of rotatable bonds is 2. The number of alkyl halides is 1. The summed E-state index contributed by atoms with van der Waals surface area (Å²) in [5.74, 6) is 0. The lowest BCUT2D eigenvalue weighted by molar-refractivity contribution is 0.209. The molecule has 1 fully saturated rings. The summed E-state index contributed by atoms with van der Waals surface area (Å²) in [5.41, 5.74) is -0.527. The molecule has 1 aliphatic rings. The molecule has 1 aromatic heterocycles. The molecule has 0 atom stereocenters. The fourth-order valence-corrected chi connectivity index (χ4v) is 1.22. The van der Waals surface area contributed by atoms with Gasteiger partial charge < -0.3 is 5.11 Å². The lowest BCUT2D eigenvalue weighted by atomic mass is 10.2. The first-order chi connectivity index (χ1) is 6.60. The molecule has 1 aromatic rings. The Balaban J connectivity index is 2.14. The SMILES string of the molecule is O=C(O)Nc1ccc(C2(F)CC2)nc1. The minimum Gasteiger partial charge on any atom is -0.465 e. The van der Waals surface area contributed by atoms with Crippen molar-refractivity contribution in [3.8, 4) is 0 Å². The van der Waals surface area contributed by atoms with Crippen LogP contribution in [0.1, 0.15) is 18.5 Å². The molecule has 74 valence electrons. The third-order valence-electron chi connectivity index (χ3n) is 2.16. The Kier molecular flexibility index (Phi) is 1.87. The van der Waals surface area contributed by atoms with Gasteiger partial charge in [0, 0.05) is 0 Å². The molecule has 0 bridgehead atoms. The molecule has 0 radical (unpaired) electrons. The molecule has 0 saturated heterocycles. The van der Waals surface area contributed by atoms with Gasteiger partial charge >= 0.3 is 6.09 Å². The summed E-state index contributed by atoms with van der Waals surface area (Å²) in [6.45, 7) is 0. The van der Waals surface area contributed by atoms with E-state index in [4.69, 9.17) is 5.11 Å². The predicted octanol–water partition coefficient (Wildman–Crippen LogP) is 2.13. The van der Waals surface area contributed by atoms with Crippen LogP contribution in [0, 0.1) is 0 Å². The topological polar surface area (TPSA) is 62.2 Å². The standard InChI is InChI=1S/C9H9FN2O2/c10-9(3-4-9)7-2-1-6(5-11-7)12-8(13)14/h1-2,5,12H,3-4H2,(H,13,14). The van der Waals surface area contributed by atoms with E-state index in [1.54, 1.807) is 0 Å². The molecule has 0 unspecified atom stereocenters. The summed E-state index contributed by atoms with van der Waals surface area (Å²) in [6.07, 6.45) is 1.18. The third-order valence-corrected chi connectivity index (χ3v) is 2.16. The molecule has 1 heterocycles. The summed E-state index contributed by atoms with van der Waals surface area (Å²) >= 11 is 0. The average molecular weight is 196 g/mol. The molecule has 2 rings (SSSR count). The highest BCUT2D eigenvalue weighted by atomic mass is 19.1. The molecule has 5 heteroatoms. The number of hydrogen-bond donors (Lipinski definition) is 2. The minimum absolute atomic E-state index is 0.352. The van der Waals surface area contributed by atoms with E-state index >= 15 is 0 Å². The van der Waals surface area contributed by atoms with Gasteiger partial charge in [-0.1, -0.05) is 0 Å². The highest BCUT2D eigenvalue weighted by molar-refractivity contribution is 5.82. The van der Waals surface area contributed by atoms with Crippen molar-refractivity contribution in [2.45, 2.75) is 18.5 Å². The van der Waals surface area contributed by atoms with Crippen LogP contribution in [0.2, 0.25) is 0 Å². The van der Waals surface area contributed by atoms with Gasteiger partial charge in [-0.3, -0.25) is 10.3 Å². The molecular formula is C9H9FN2O2. The Morgan fingerprint density at radius 3 is 2.71 bits per heavy atom. The van der Waals surface area contributed by atoms with Gasteiger partial charge in [-0.25, -0.2) is 9.18 Å². The number of carboxylic acid groups (broad SMARTS) is 1.